The lowest BCUT2D eigenvalue weighted by atomic mass is 9.60. The van der Waals surface area contributed by atoms with E-state index >= 15 is 0 Å². The van der Waals surface area contributed by atoms with E-state index in [9.17, 15) is 9.59 Å². The predicted octanol–water partition coefficient (Wildman–Crippen LogP) is 5.44. The van der Waals surface area contributed by atoms with E-state index in [-0.39, 0.29) is 39.6 Å². The maximum absolute atomic E-state index is 13.1. The van der Waals surface area contributed by atoms with E-state index in [0.29, 0.717) is 11.8 Å². The molecule has 0 heterocycles. The Morgan fingerprint density at radius 3 is 1.26 bits per heavy atom. The minimum absolute atomic E-state index is 0.0241. The summed E-state index contributed by atoms with van der Waals surface area (Å²) in [6.45, 7) is 17.5. The predicted molar refractivity (Wildman–Crippen MR) is 95.2 cm³/mol. The number of ketones is 2. The normalized spacial score (nSPS) is 41.9. The SMILES string of the molecule is C[C@H]1CC[C@@](C)(C(=O)CC(=O)[C@]2(C)CC[C@H](C)C2(C)C)C1(C)C. The first kappa shape index (κ1) is 18.7. The van der Waals surface area contributed by atoms with Gasteiger partial charge in [0.25, 0.3) is 0 Å². The molecule has 2 rings (SSSR count). The van der Waals surface area contributed by atoms with E-state index in [1.807, 2.05) is 0 Å². The van der Waals surface area contributed by atoms with Crippen molar-refractivity contribution in [3.8, 4) is 0 Å². The standard InChI is InChI=1S/C21H36O2/c1-14-9-11-20(7,18(14,3)4)16(22)13-17(23)21(8)12-10-15(2)19(21,5)6/h14-15H,9-13H2,1-8H3/t14-,15-,20-,21-/m0/s1. The molecule has 0 aliphatic heterocycles. The van der Waals surface area contributed by atoms with Gasteiger partial charge in [-0.2, -0.15) is 0 Å². The van der Waals surface area contributed by atoms with Gasteiger partial charge in [-0.15, -0.1) is 0 Å². The third kappa shape index (κ3) is 2.43. The number of hydrogen-bond acceptors (Lipinski definition) is 2. The van der Waals surface area contributed by atoms with Crippen LogP contribution in [0.4, 0.5) is 0 Å². The van der Waals surface area contributed by atoms with Crippen LogP contribution in [0.5, 0.6) is 0 Å². The summed E-state index contributed by atoms with van der Waals surface area (Å²) in [6, 6.07) is 0. The molecule has 132 valence electrons. The molecule has 2 heteroatoms. The van der Waals surface area contributed by atoms with Gasteiger partial charge in [-0.25, -0.2) is 0 Å². The topological polar surface area (TPSA) is 34.1 Å². The Morgan fingerprint density at radius 2 is 1.04 bits per heavy atom. The first-order chi connectivity index (χ1) is 10.3. The fraction of sp³-hybridized carbons (Fsp3) is 0.905. The molecule has 2 saturated carbocycles. The summed E-state index contributed by atoms with van der Waals surface area (Å²) in [6.07, 6.45) is 4.14. The van der Waals surface area contributed by atoms with Gasteiger partial charge in [0, 0.05) is 10.8 Å². The number of Topliss-reactive ketones (excluding diaryl/α,β-unsaturated/α-hetero) is 2. The van der Waals surface area contributed by atoms with Crippen LogP contribution in [0.15, 0.2) is 0 Å². The van der Waals surface area contributed by atoms with Crippen molar-refractivity contribution in [3.63, 3.8) is 0 Å². The third-order valence-corrected chi connectivity index (χ3v) is 9.01. The zero-order chi connectivity index (χ0) is 17.8. The van der Waals surface area contributed by atoms with E-state index in [0.717, 1.165) is 25.7 Å². The van der Waals surface area contributed by atoms with Crippen molar-refractivity contribution in [1.29, 1.82) is 0 Å². The first-order valence-corrected chi connectivity index (χ1v) is 9.37. The second-order valence-electron chi connectivity index (χ2n) is 10.0. The molecule has 0 unspecified atom stereocenters. The van der Waals surface area contributed by atoms with Gasteiger partial charge < -0.3 is 0 Å². The van der Waals surface area contributed by atoms with Crippen LogP contribution in [0.25, 0.3) is 0 Å². The minimum atomic E-state index is -0.354. The van der Waals surface area contributed by atoms with Gasteiger partial charge in [-0.3, -0.25) is 9.59 Å². The van der Waals surface area contributed by atoms with E-state index in [1.54, 1.807) is 0 Å². The molecular formula is C21H36O2. The van der Waals surface area contributed by atoms with Crippen molar-refractivity contribution in [3.05, 3.63) is 0 Å². The van der Waals surface area contributed by atoms with Crippen LogP contribution >= 0.6 is 0 Å². The minimum Gasteiger partial charge on any atom is -0.299 e. The molecule has 2 fully saturated rings. The van der Waals surface area contributed by atoms with Crippen LogP contribution in [-0.4, -0.2) is 11.6 Å². The Balaban J connectivity index is 2.20. The highest BCUT2D eigenvalue weighted by atomic mass is 16.2. The summed E-state index contributed by atoms with van der Waals surface area (Å²) < 4.78 is 0. The van der Waals surface area contributed by atoms with Gasteiger partial charge in [-0.05, 0) is 48.3 Å². The number of rotatable bonds is 4. The largest absolute Gasteiger partial charge is 0.299 e. The first-order valence-electron chi connectivity index (χ1n) is 9.37. The molecule has 2 aliphatic rings. The molecule has 0 aromatic heterocycles. The lowest BCUT2D eigenvalue weighted by Crippen LogP contribution is -2.45. The number of hydrogen-bond donors (Lipinski definition) is 0. The number of carbonyl (C=O) groups is 2. The van der Waals surface area contributed by atoms with Gasteiger partial charge in [0.15, 0.2) is 0 Å². The second kappa shape index (κ2) is 5.43. The zero-order valence-corrected chi connectivity index (χ0v) is 16.5. The fourth-order valence-electron chi connectivity index (χ4n) is 5.00. The molecule has 0 aromatic carbocycles. The van der Waals surface area contributed by atoms with Crippen LogP contribution in [0.2, 0.25) is 0 Å². The molecule has 0 spiro atoms. The van der Waals surface area contributed by atoms with Crippen LogP contribution in [0, 0.1) is 33.5 Å². The average molecular weight is 321 g/mol. The summed E-state index contributed by atoms with van der Waals surface area (Å²) >= 11 is 0. The highest BCUT2D eigenvalue weighted by Crippen LogP contribution is 2.59. The van der Waals surface area contributed by atoms with Crippen molar-refractivity contribution < 1.29 is 9.59 Å². The van der Waals surface area contributed by atoms with Crippen LogP contribution < -0.4 is 0 Å². The van der Waals surface area contributed by atoms with Gasteiger partial charge in [0.1, 0.15) is 11.6 Å². The summed E-state index contributed by atoms with van der Waals surface area (Å²) in [5, 5.41) is 0. The lowest BCUT2D eigenvalue weighted by molar-refractivity contribution is -0.143. The molecule has 0 N–H and O–H groups in total. The highest BCUT2D eigenvalue weighted by Gasteiger charge is 2.57. The molecular weight excluding hydrogens is 284 g/mol. The van der Waals surface area contributed by atoms with Crippen molar-refractivity contribution in [2.75, 3.05) is 0 Å². The van der Waals surface area contributed by atoms with Gasteiger partial charge in [-0.1, -0.05) is 55.4 Å². The molecule has 0 bridgehead atoms. The second-order valence-corrected chi connectivity index (χ2v) is 10.0. The Hall–Kier alpha value is -0.660. The van der Waals surface area contributed by atoms with Crippen LogP contribution in [0.1, 0.15) is 87.5 Å². The van der Waals surface area contributed by atoms with Crippen LogP contribution in [-0.2, 0) is 9.59 Å². The molecule has 0 aromatic rings. The quantitative estimate of drug-likeness (QED) is 0.646. The number of carbonyl (C=O) groups excluding carboxylic acids is 2. The Morgan fingerprint density at radius 1 is 0.739 bits per heavy atom. The van der Waals surface area contributed by atoms with Crippen molar-refractivity contribution in [1.82, 2.24) is 0 Å². The molecule has 2 aliphatic carbocycles. The highest BCUT2D eigenvalue weighted by molar-refractivity contribution is 6.04. The Bertz CT molecular complexity index is 470. The van der Waals surface area contributed by atoms with Crippen LogP contribution in [0.3, 0.4) is 0 Å². The van der Waals surface area contributed by atoms with Crippen molar-refractivity contribution in [2.24, 2.45) is 33.5 Å². The molecule has 4 atom stereocenters. The van der Waals surface area contributed by atoms with E-state index < -0.39 is 0 Å². The van der Waals surface area contributed by atoms with Gasteiger partial charge in [0.05, 0.1) is 6.42 Å². The van der Waals surface area contributed by atoms with Crippen molar-refractivity contribution in [2.45, 2.75) is 87.5 Å². The summed E-state index contributed by atoms with van der Waals surface area (Å²) in [7, 11) is 0. The lowest BCUT2D eigenvalue weighted by Gasteiger charge is -2.42. The summed E-state index contributed by atoms with van der Waals surface area (Å²) in [4.78, 5) is 26.2. The van der Waals surface area contributed by atoms with E-state index in [4.69, 9.17) is 0 Å². The molecule has 2 nitrogen and oxygen atoms in total. The molecule has 0 radical (unpaired) electrons. The maximum Gasteiger partial charge on any atom is 0.146 e. The zero-order valence-electron chi connectivity index (χ0n) is 16.5. The summed E-state index contributed by atoms with van der Waals surface area (Å²) in [5.74, 6) is 1.41. The van der Waals surface area contributed by atoms with Crippen molar-refractivity contribution >= 4 is 11.6 Å². The average Bonchev–Trinajstić information content (AvgIpc) is 2.79. The van der Waals surface area contributed by atoms with E-state index in [2.05, 4.69) is 55.4 Å². The monoisotopic (exact) mass is 320 g/mol. The molecule has 0 amide bonds. The smallest absolute Gasteiger partial charge is 0.146 e. The summed E-state index contributed by atoms with van der Waals surface area (Å²) in [5.41, 5.74) is -0.757. The Kier molecular flexibility index (Phi) is 4.41. The van der Waals surface area contributed by atoms with Gasteiger partial charge >= 0.3 is 0 Å². The van der Waals surface area contributed by atoms with E-state index in [1.165, 1.54) is 0 Å². The fourth-order valence-corrected chi connectivity index (χ4v) is 5.00. The molecule has 23 heavy (non-hydrogen) atoms. The molecule has 0 saturated heterocycles. The van der Waals surface area contributed by atoms with Gasteiger partial charge in [0.2, 0.25) is 0 Å². The Labute approximate surface area is 142 Å². The maximum atomic E-state index is 13.1. The third-order valence-electron chi connectivity index (χ3n) is 9.01.